The lowest BCUT2D eigenvalue weighted by Crippen LogP contribution is -2.03. The van der Waals surface area contributed by atoms with Gasteiger partial charge in [-0.2, -0.15) is 0 Å². The van der Waals surface area contributed by atoms with Gasteiger partial charge in [-0.15, -0.1) is 11.3 Å². The van der Waals surface area contributed by atoms with Gasteiger partial charge in [-0.1, -0.05) is 0 Å². The number of rotatable bonds is 4. The minimum atomic E-state index is -1.26. The second-order valence-electron chi connectivity index (χ2n) is 3.69. The molecule has 6 nitrogen and oxygen atoms in total. The number of nitro groups is 1. The Kier molecular flexibility index (Phi) is 4.26. The summed E-state index contributed by atoms with van der Waals surface area (Å²) in [6.45, 7) is 0. The highest BCUT2D eigenvalue weighted by Crippen LogP contribution is 2.23. The SMILES string of the molecule is O=C(O)c1cc([N+](=O)[O-])cnc1/C=C/c1cc(Br)cs1. The van der Waals surface area contributed by atoms with Gasteiger partial charge in [0.05, 0.1) is 16.2 Å². The van der Waals surface area contributed by atoms with Gasteiger partial charge in [-0.3, -0.25) is 10.1 Å². The molecule has 2 aromatic rings. The minimum absolute atomic E-state index is 0.174. The third kappa shape index (κ3) is 3.28. The summed E-state index contributed by atoms with van der Waals surface area (Å²) in [5, 5.41) is 21.6. The monoisotopic (exact) mass is 354 g/mol. The van der Waals surface area contributed by atoms with Crippen molar-refractivity contribution in [3.8, 4) is 0 Å². The third-order valence-corrected chi connectivity index (χ3v) is 4.00. The van der Waals surface area contributed by atoms with Crippen LogP contribution < -0.4 is 0 Å². The fourth-order valence-corrected chi connectivity index (χ4v) is 2.78. The number of thiophene rings is 1. The van der Waals surface area contributed by atoms with Gasteiger partial charge in [0.25, 0.3) is 5.69 Å². The third-order valence-electron chi connectivity index (χ3n) is 2.34. The molecule has 0 aliphatic rings. The number of halogens is 1. The first kappa shape index (κ1) is 14.4. The first-order chi connectivity index (χ1) is 9.47. The second-order valence-corrected chi connectivity index (χ2v) is 5.55. The van der Waals surface area contributed by atoms with Crippen molar-refractivity contribution in [3.05, 3.63) is 54.4 Å². The van der Waals surface area contributed by atoms with Gasteiger partial charge < -0.3 is 5.11 Å². The first-order valence-corrected chi connectivity index (χ1v) is 6.94. The fraction of sp³-hybridized carbons (Fsp3) is 0. The molecule has 0 fully saturated rings. The van der Waals surface area contributed by atoms with Gasteiger partial charge >= 0.3 is 5.97 Å². The van der Waals surface area contributed by atoms with Crippen molar-refractivity contribution in [1.29, 1.82) is 0 Å². The molecule has 1 N–H and O–H groups in total. The number of carboxylic acids is 1. The Morgan fingerprint density at radius 3 is 2.75 bits per heavy atom. The van der Waals surface area contributed by atoms with Crippen molar-refractivity contribution in [2.45, 2.75) is 0 Å². The molecule has 0 atom stereocenters. The fourth-order valence-electron chi connectivity index (χ4n) is 1.45. The Morgan fingerprint density at radius 2 is 2.20 bits per heavy atom. The van der Waals surface area contributed by atoms with Crippen molar-refractivity contribution in [3.63, 3.8) is 0 Å². The van der Waals surface area contributed by atoms with E-state index in [0.717, 1.165) is 21.6 Å². The molecule has 0 amide bonds. The van der Waals surface area contributed by atoms with E-state index < -0.39 is 10.9 Å². The maximum atomic E-state index is 11.1. The maximum absolute atomic E-state index is 11.1. The Balaban J connectivity index is 2.38. The highest BCUT2D eigenvalue weighted by molar-refractivity contribution is 9.10. The van der Waals surface area contributed by atoms with E-state index in [9.17, 15) is 14.9 Å². The predicted octanol–water partition coefficient (Wildman–Crippen LogP) is 3.68. The maximum Gasteiger partial charge on any atom is 0.338 e. The van der Waals surface area contributed by atoms with Crippen LogP contribution >= 0.6 is 27.3 Å². The second kappa shape index (κ2) is 5.93. The molecule has 0 aliphatic heterocycles. The molecule has 20 heavy (non-hydrogen) atoms. The summed E-state index contributed by atoms with van der Waals surface area (Å²) >= 11 is 4.79. The van der Waals surface area contributed by atoms with Crippen molar-refractivity contribution < 1.29 is 14.8 Å². The van der Waals surface area contributed by atoms with Crippen LogP contribution in [0.15, 0.2) is 28.2 Å². The smallest absolute Gasteiger partial charge is 0.338 e. The van der Waals surface area contributed by atoms with Crippen LogP contribution in [0.4, 0.5) is 5.69 Å². The number of pyridine rings is 1. The van der Waals surface area contributed by atoms with E-state index in [-0.39, 0.29) is 16.9 Å². The van der Waals surface area contributed by atoms with Gasteiger partial charge in [0, 0.05) is 20.8 Å². The highest BCUT2D eigenvalue weighted by Gasteiger charge is 2.15. The average molecular weight is 355 g/mol. The van der Waals surface area contributed by atoms with Crippen molar-refractivity contribution in [2.75, 3.05) is 0 Å². The van der Waals surface area contributed by atoms with Gasteiger partial charge in [0.15, 0.2) is 0 Å². The van der Waals surface area contributed by atoms with E-state index in [1.54, 1.807) is 6.08 Å². The van der Waals surface area contributed by atoms with Crippen molar-refractivity contribution in [1.82, 2.24) is 4.98 Å². The minimum Gasteiger partial charge on any atom is -0.478 e. The van der Waals surface area contributed by atoms with E-state index in [1.165, 1.54) is 17.4 Å². The summed E-state index contributed by atoms with van der Waals surface area (Å²) < 4.78 is 0.928. The Labute approximate surface area is 125 Å². The Bertz CT molecular complexity index is 711. The molecule has 0 aliphatic carbocycles. The predicted molar refractivity (Wildman–Crippen MR) is 78.8 cm³/mol. The standard InChI is InChI=1S/C12H7BrN2O4S/c13-7-3-9(20-6-7)1-2-11-10(12(16)17)4-8(5-14-11)15(18)19/h1-6H,(H,16,17)/b2-1+. The lowest BCUT2D eigenvalue weighted by molar-refractivity contribution is -0.385. The number of carbonyl (C=O) groups is 1. The van der Waals surface area contributed by atoms with Crippen LogP contribution in [-0.4, -0.2) is 21.0 Å². The molecule has 0 saturated heterocycles. The largest absolute Gasteiger partial charge is 0.478 e. The summed E-state index contributed by atoms with van der Waals surface area (Å²) in [6, 6.07) is 2.87. The molecule has 0 saturated carbocycles. The quantitative estimate of drug-likeness (QED) is 0.667. The summed E-state index contributed by atoms with van der Waals surface area (Å²) in [4.78, 5) is 25.8. The van der Waals surface area contributed by atoms with Crippen LogP contribution in [0.2, 0.25) is 0 Å². The summed E-state index contributed by atoms with van der Waals surface area (Å²) in [5.41, 5.74) is -0.378. The molecule has 2 rings (SSSR count). The number of hydrogen-bond donors (Lipinski definition) is 1. The van der Waals surface area contributed by atoms with Gasteiger partial charge in [0.2, 0.25) is 0 Å². The lowest BCUT2D eigenvalue weighted by atomic mass is 10.1. The number of hydrogen-bond acceptors (Lipinski definition) is 5. The molecule has 0 spiro atoms. The van der Waals surface area contributed by atoms with Crippen LogP contribution in [0.25, 0.3) is 12.2 Å². The summed E-state index contributed by atoms with van der Waals surface area (Å²) in [5.74, 6) is -1.26. The zero-order chi connectivity index (χ0) is 14.7. The van der Waals surface area contributed by atoms with E-state index in [4.69, 9.17) is 5.11 Å². The van der Waals surface area contributed by atoms with Gasteiger partial charge in [0.1, 0.15) is 6.20 Å². The first-order valence-electron chi connectivity index (χ1n) is 5.27. The van der Waals surface area contributed by atoms with Gasteiger partial charge in [-0.25, -0.2) is 9.78 Å². The number of aromatic nitrogens is 1. The number of carboxylic acid groups (broad SMARTS) is 1. The Morgan fingerprint density at radius 1 is 1.45 bits per heavy atom. The van der Waals surface area contributed by atoms with Crippen LogP contribution in [-0.2, 0) is 0 Å². The highest BCUT2D eigenvalue weighted by atomic mass is 79.9. The van der Waals surface area contributed by atoms with Crippen LogP contribution in [0.3, 0.4) is 0 Å². The molecule has 0 radical (unpaired) electrons. The molecular weight excluding hydrogens is 348 g/mol. The lowest BCUT2D eigenvalue weighted by Gasteiger charge is -1.99. The van der Waals surface area contributed by atoms with E-state index in [1.807, 2.05) is 11.4 Å². The van der Waals surface area contributed by atoms with Crippen LogP contribution in [0.1, 0.15) is 20.9 Å². The van der Waals surface area contributed by atoms with E-state index in [0.29, 0.717) is 0 Å². The number of aromatic carboxylic acids is 1. The van der Waals surface area contributed by atoms with E-state index in [2.05, 4.69) is 20.9 Å². The normalized spacial score (nSPS) is 10.8. The zero-order valence-corrected chi connectivity index (χ0v) is 12.2. The van der Waals surface area contributed by atoms with Crippen LogP contribution in [0.5, 0.6) is 0 Å². The van der Waals surface area contributed by atoms with Crippen molar-refractivity contribution in [2.24, 2.45) is 0 Å². The number of nitrogens with zero attached hydrogens (tertiary/aromatic N) is 2. The van der Waals surface area contributed by atoms with E-state index >= 15 is 0 Å². The molecule has 0 bridgehead atoms. The van der Waals surface area contributed by atoms with Crippen molar-refractivity contribution >= 4 is 51.1 Å². The molecule has 2 heterocycles. The molecular formula is C12H7BrN2O4S. The average Bonchev–Trinajstić information content (AvgIpc) is 2.81. The van der Waals surface area contributed by atoms with Gasteiger partial charge in [-0.05, 0) is 34.1 Å². The zero-order valence-electron chi connectivity index (χ0n) is 9.82. The molecule has 2 aromatic heterocycles. The van der Waals surface area contributed by atoms with Crippen LogP contribution in [0, 0.1) is 10.1 Å². The molecule has 0 unspecified atom stereocenters. The summed E-state index contributed by atoms with van der Waals surface area (Å²) in [6.07, 6.45) is 4.26. The molecule has 0 aromatic carbocycles. The topological polar surface area (TPSA) is 93.3 Å². The summed E-state index contributed by atoms with van der Waals surface area (Å²) in [7, 11) is 0. The molecule has 102 valence electrons. The Hall–Kier alpha value is -2.06. The molecule has 8 heteroatoms.